The van der Waals surface area contributed by atoms with Gasteiger partial charge in [-0.05, 0) is 84.9 Å². The summed E-state index contributed by atoms with van der Waals surface area (Å²) in [6.45, 7) is 2.21. The van der Waals surface area contributed by atoms with E-state index in [4.69, 9.17) is 9.15 Å². The van der Waals surface area contributed by atoms with Crippen molar-refractivity contribution in [2.75, 3.05) is 0 Å². The van der Waals surface area contributed by atoms with Crippen LogP contribution in [-0.2, 0) is 6.61 Å². The zero-order valence-electron chi connectivity index (χ0n) is 16.6. The number of carbonyl (C=O) groups is 1. The molecule has 0 atom stereocenters. The van der Waals surface area contributed by atoms with Gasteiger partial charge in [0.15, 0.2) is 5.76 Å². The number of hydrogen-bond donors (Lipinski definition) is 1. The van der Waals surface area contributed by atoms with Crippen molar-refractivity contribution >= 4 is 54.8 Å². The van der Waals surface area contributed by atoms with Gasteiger partial charge in [-0.3, -0.25) is 4.79 Å². The molecule has 7 heteroatoms. The molecule has 4 rings (SSSR count). The Morgan fingerprint density at radius 1 is 1.06 bits per heavy atom. The molecule has 0 aliphatic heterocycles. The minimum atomic E-state index is -0.405. The minimum absolute atomic E-state index is 0.217. The van der Waals surface area contributed by atoms with Crippen LogP contribution in [0.15, 0.2) is 85.2 Å². The van der Waals surface area contributed by atoms with Gasteiger partial charge in [0, 0.05) is 0 Å². The predicted octanol–water partition coefficient (Wildman–Crippen LogP) is 6.61. The summed E-state index contributed by atoms with van der Waals surface area (Å²) in [4.78, 5) is 12.0. The average Bonchev–Trinajstić information content (AvgIpc) is 3.19. The standard InChI is InChI=1S/C24H18Br2N2O3/c1-15-9-10-22(31-15)24(29)28-27-13-16-11-20(25)23(21(26)12-16)30-14-18-7-4-6-17-5-2-3-8-19(17)18/h2-13H,14H2,1H3,(H,28,29)/b27-13-. The van der Waals surface area contributed by atoms with Crippen molar-refractivity contribution in [3.8, 4) is 5.75 Å². The Morgan fingerprint density at radius 2 is 1.81 bits per heavy atom. The third-order valence-electron chi connectivity index (χ3n) is 4.62. The number of aryl methyl sites for hydroxylation is 1. The molecule has 1 heterocycles. The number of nitrogens with one attached hydrogen (secondary N) is 1. The molecule has 0 aliphatic rings. The molecule has 0 saturated heterocycles. The van der Waals surface area contributed by atoms with Gasteiger partial charge in [-0.1, -0.05) is 42.5 Å². The average molecular weight is 542 g/mol. The van der Waals surface area contributed by atoms with E-state index in [-0.39, 0.29) is 5.76 Å². The predicted molar refractivity (Wildman–Crippen MR) is 129 cm³/mol. The molecule has 5 nitrogen and oxygen atoms in total. The molecule has 1 amide bonds. The lowest BCUT2D eigenvalue weighted by atomic mass is 10.1. The van der Waals surface area contributed by atoms with Crippen LogP contribution in [0.3, 0.4) is 0 Å². The third-order valence-corrected chi connectivity index (χ3v) is 5.79. The third kappa shape index (κ3) is 5.06. The Balaban J connectivity index is 1.45. The molecule has 0 aliphatic carbocycles. The highest BCUT2D eigenvalue weighted by molar-refractivity contribution is 9.11. The van der Waals surface area contributed by atoms with Crippen LogP contribution in [0.25, 0.3) is 10.8 Å². The lowest BCUT2D eigenvalue weighted by Crippen LogP contribution is -2.16. The fraction of sp³-hybridized carbons (Fsp3) is 0.0833. The number of amides is 1. The lowest BCUT2D eigenvalue weighted by Gasteiger charge is -2.13. The van der Waals surface area contributed by atoms with Crippen molar-refractivity contribution in [3.05, 3.63) is 98.3 Å². The molecule has 0 fully saturated rings. The zero-order valence-corrected chi connectivity index (χ0v) is 19.7. The maximum absolute atomic E-state index is 12.0. The molecule has 31 heavy (non-hydrogen) atoms. The van der Waals surface area contributed by atoms with Crippen molar-refractivity contribution in [3.63, 3.8) is 0 Å². The number of nitrogens with zero attached hydrogens (tertiary/aromatic N) is 1. The van der Waals surface area contributed by atoms with Gasteiger partial charge in [0.1, 0.15) is 18.1 Å². The second kappa shape index (κ2) is 9.49. The van der Waals surface area contributed by atoms with Crippen molar-refractivity contribution in [1.82, 2.24) is 5.43 Å². The van der Waals surface area contributed by atoms with Crippen molar-refractivity contribution < 1.29 is 13.9 Å². The van der Waals surface area contributed by atoms with Gasteiger partial charge in [0.05, 0.1) is 15.2 Å². The first-order chi connectivity index (χ1) is 15.0. The quantitative estimate of drug-likeness (QED) is 0.221. The number of rotatable bonds is 6. The molecular weight excluding hydrogens is 524 g/mol. The van der Waals surface area contributed by atoms with Crippen molar-refractivity contribution in [2.24, 2.45) is 5.10 Å². The number of carbonyl (C=O) groups excluding carboxylic acids is 1. The normalized spacial score (nSPS) is 11.2. The maximum Gasteiger partial charge on any atom is 0.307 e. The fourth-order valence-corrected chi connectivity index (χ4v) is 4.59. The number of halogens is 2. The van der Waals surface area contributed by atoms with Crippen LogP contribution >= 0.6 is 31.9 Å². The van der Waals surface area contributed by atoms with Crippen LogP contribution in [0.5, 0.6) is 5.75 Å². The second-order valence-corrected chi connectivity index (χ2v) is 8.56. The van der Waals surface area contributed by atoms with Gasteiger partial charge in [-0.25, -0.2) is 5.43 Å². The highest BCUT2D eigenvalue weighted by Gasteiger charge is 2.11. The Labute approximate surface area is 196 Å². The van der Waals surface area contributed by atoms with Gasteiger partial charge >= 0.3 is 5.91 Å². The molecule has 0 bridgehead atoms. The molecule has 3 aromatic carbocycles. The van der Waals surface area contributed by atoms with Crippen LogP contribution < -0.4 is 10.2 Å². The monoisotopic (exact) mass is 540 g/mol. The molecule has 4 aromatic rings. The van der Waals surface area contributed by atoms with Crippen LogP contribution in [0.2, 0.25) is 0 Å². The molecular formula is C24H18Br2N2O3. The van der Waals surface area contributed by atoms with Gasteiger partial charge in [0.25, 0.3) is 0 Å². The summed E-state index contributed by atoms with van der Waals surface area (Å²) < 4.78 is 12.9. The Morgan fingerprint density at radius 3 is 2.55 bits per heavy atom. The number of benzene rings is 3. The topological polar surface area (TPSA) is 63.8 Å². The molecule has 156 valence electrons. The second-order valence-electron chi connectivity index (χ2n) is 6.85. The lowest BCUT2D eigenvalue weighted by molar-refractivity contribution is 0.0926. The van der Waals surface area contributed by atoms with E-state index in [9.17, 15) is 4.79 Å². The van der Waals surface area contributed by atoms with E-state index in [2.05, 4.69) is 66.7 Å². The molecule has 1 aromatic heterocycles. The Bertz CT molecular complexity index is 1250. The van der Waals surface area contributed by atoms with Crippen LogP contribution in [0, 0.1) is 6.92 Å². The number of hydrogen-bond acceptors (Lipinski definition) is 4. The summed E-state index contributed by atoms with van der Waals surface area (Å²) in [6.07, 6.45) is 1.55. The molecule has 0 spiro atoms. The van der Waals surface area contributed by atoms with E-state index in [1.807, 2.05) is 30.3 Å². The largest absolute Gasteiger partial charge is 0.487 e. The highest BCUT2D eigenvalue weighted by Crippen LogP contribution is 2.35. The van der Waals surface area contributed by atoms with E-state index in [0.717, 1.165) is 20.1 Å². The summed E-state index contributed by atoms with van der Waals surface area (Å²) in [5.74, 6) is 1.17. The summed E-state index contributed by atoms with van der Waals surface area (Å²) >= 11 is 7.13. The Kier molecular flexibility index (Phi) is 6.53. The zero-order chi connectivity index (χ0) is 21.8. The first-order valence-electron chi connectivity index (χ1n) is 9.49. The van der Waals surface area contributed by atoms with Gasteiger partial charge < -0.3 is 9.15 Å². The summed E-state index contributed by atoms with van der Waals surface area (Å²) in [5, 5.41) is 6.35. The fourth-order valence-electron chi connectivity index (χ4n) is 3.14. The number of ether oxygens (including phenoxy) is 1. The summed E-state index contributed by atoms with van der Waals surface area (Å²) in [7, 11) is 0. The smallest absolute Gasteiger partial charge is 0.307 e. The van der Waals surface area contributed by atoms with E-state index >= 15 is 0 Å². The van der Waals surface area contributed by atoms with Crippen molar-refractivity contribution in [1.29, 1.82) is 0 Å². The van der Waals surface area contributed by atoms with E-state index in [1.54, 1.807) is 25.3 Å². The number of furan rings is 1. The molecule has 0 unspecified atom stereocenters. The van der Waals surface area contributed by atoms with Crippen LogP contribution in [0.1, 0.15) is 27.4 Å². The minimum Gasteiger partial charge on any atom is -0.487 e. The van der Waals surface area contributed by atoms with Crippen molar-refractivity contribution in [2.45, 2.75) is 13.5 Å². The van der Waals surface area contributed by atoms with Crippen LogP contribution in [0.4, 0.5) is 0 Å². The number of hydrazone groups is 1. The maximum atomic E-state index is 12.0. The first-order valence-corrected chi connectivity index (χ1v) is 11.1. The van der Waals surface area contributed by atoms with Crippen LogP contribution in [-0.4, -0.2) is 12.1 Å². The molecule has 0 saturated carbocycles. The van der Waals surface area contributed by atoms with E-state index in [0.29, 0.717) is 18.1 Å². The summed E-state index contributed by atoms with van der Waals surface area (Å²) in [6, 6.07) is 21.5. The summed E-state index contributed by atoms with van der Waals surface area (Å²) in [5.41, 5.74) is 4.35. The molecule has 1 N–H and O–H groups in total. The highest BCUT2D eigenvalue weighted by atomic mass is 79.9. The SMILES string of the molecule is Cc1ccc(C(=O)N/N=C\c2cc(Br)c(OCc3cccc4ccccc34)c(Br)c2)o1. The number of fused-ring (bicyclic) bond motifs is 1. The first kappa shape index (κ1) is 21.3. The van der Waals surface area contributed by atoms with E-state index < -0.39 is 5.91 Å². The van der Waals surface area contributed by atoms with Gasteiger partial charge in [-0.15, -0.1) is 0 Å². The van der Waals surface area contributed by atoms with E-state index in [1.165, 1.54) is 10.8 Å². The Hall–Kier alpha value is -2.90. The van der Waals surface area contributed by atoms with Gasteiger partial charge in [-0.2, -0.15) is 5.10 Å². The molecule has 0 radical (unpaired) electrons. The van der Waals surface area contributed by atoms with Gasteiger partial charge in [0.2, 0.25) is 0 Å².